The molecule has 1 fully saturated rings. The molecule has 0 saturated carbocycles. The second-order valence-corrected chi connectivity index (χ2v) is 10.1. The minimum atomic E-state index is -3.60. The summed E-state index contributed by atoms with van der Waals surface area (Å²) in [5.41, 5.74) is 3.80. The molecular weight excluding hydrogens is 446 g/mol. The quantitative estimate of drug-likeness (QED) is 0.427. The average Bonchev–Trinajstić information content (AvgIpc) is 3.21. The van der Waals surface area contributed by atoms with Crippen molar-refractivity contribution in [3.63, 3.8) is 0 Å². The fourth-order valence-corrected chi connectivity index (χ4v) is 5.88. The molecule has 0 atom stereocenters. The van der Waals surface area contributed by atoms with Crippen LogP contribution in [0, 0.1) is 0 Å². The second-order valence-electron chi connectivity index (χ2n) is 7.77. The van der Waals surface area contributed by atoms with Crippen LogP contribution in [0.5, 0.6) is 0 Å². The summed E-state index contributed by atoms with van der Waals surface area (Å²) in [5.74, 6) is 0.632. The van der Waals surface area contributed by atoms with Crippen molar-refractivity contribution in [2.45, 2.75) is 11.4 Å². The van der Waals surface area contributed by atoms with Crippen LogP contribution in [-0.4, -0.2) is 48.8 Å². The first-order valence-corrected chi connectivity index (χ1v) is 12.2. The summed E-state index contributed by atoms with van der Waals surface area (Å²) in [5, 5.41) is 0.247. The zero-order valence-corrected chi connectivity index (χ0v) is 18.9. The third-order valence-electron chi connectivity index (χ3n) is 5.68. The molecule has 164 valence electrons. The number of sulfonamides is 1. The van der Waals surface area contributed by atoms with Gasteiger partial charge in [-0.2, -0.15) is 4.31 Å². The Morgan fingerprint density at radius 2 is 1.59 bits per heavy atom. The SMILES string of the molecule is O=S(=O)(c1ccccc1Cl)N1CCN(Cc2nc3cc(-c4ccccc4)ccc3o2)CC1. The molecule has 4 aromatic rings. The molecular formula is C24H22ClN3O3S. The van der Waals surface area contributed by atoms with Crippen LogP contribution in [0.15, 0.2) is 82.1 Å². The molecule has 6 nitrogen and oxygen atoms in total. The average molecular weight is 468 g/mol. The van der Waals surface area contributed by atoms with Gasteiger partial charge in [0.15, 0.2) is 5.58 Å². The molecule has 2 heterocycles. The minimum absolute atomic E-state index is 0.156. The van der Waals surface area contributed by atoms with Crippen molar-refractivity contribution in [1.29, 1.82) is 0 Å². The molecule has 0 N–H and O–H groups in total. The van der Waals surface area contributed by atoms with E-state index in [0.29, 0.717) is 38.6 Å². The van der Waals surface area contributed by atoms with Crippen LogP contribution in [0.4, 0.5) is 0 Å². The third-order valence-corrected chi connectivity index (χ3v) is 8.08. The predicted octanol–water partition coefficient (Wildman–Crippen LogP) is 4.65. The van der Waals surface area contributed by atoms with E-state index in [-0.39, 0.29) is 9.92 Å². The highest BCUT2D eigenvalue weighted by molar-refractivity contribution is 7.89. The summed E-state index contributed by atoms with van der Waals surface area (Å²) < 4.78 is 33.3. The van der Waals surface area contributed by atoms with Gasteiger partial charge >= 0.3 is 0 Å². The largest absolute Gasteiger partial charge is 0.439 e. The van der Waals surface area contributed by atoms with E-state index in [1.807, 2.05) is 36.4 Å². The highest BCUT2D eigenvalue weighted by Crippen LogP contribution is 2.27. The third kappa shape index (κ3) is 4.17. The van der Waals surface area contributed by atoms with Crippen LogP contribution < -0.4 is 0 Å². The summed E-state index contributed by atoms with van der Waals surface area (Å²) in [6, 6.07) is 22.7. The maximum Gasteiger partial charge on any atom is 0.244 e. The number of fused-ring (bicyclic) bond motifs is 1. The van der Waals surface area contributed by atoms with E-state index in [2.05, 4.69) is 22.0 Å². The number of halogens is 1. The summed E-state index contributed by atoms with van der Waals surface area (Å²) in [7, 11) is -3.60. The number of aromatic nitrogens is 1. The fourth-order valence-electron chi connectivity index (χ4n) is 3.97. The van der Waals surface area contributed by atoms with Crippen molar-refractivity contribution in [1.82, 2.24) is 14.2 Å². The topological polar surface area (TPSA) is 66.7 Å². The second kappa shape index (κ2) is 8.67. The van der Waals surface area contributed by atoms with Gasteiger partial charge in [0.05, 0.1) is 11.6 Å². The monoisotopic (exact) mass is 467 g/mol. The Morgan fingerprint density at radius 3 is 2.34 bits per heavy atom. The maximum absolute atomic E-state index is 12.9. The van der Waals surface area contributed by atoms with Crippen LogP contribution in [-0.2, 0) is 16.6 Å². The molecule has 1 saturated heterocycles. The predicted molar refractivity (Wildman–Crippen MR) is 125 cm³/mol. The standard InChI is InChI=1S/C24H22ClN3O3S/c25-20-8-4-5-9-23(20)32(29,30)28-14-12-27(13-15-28)17-24-26-21-16-19(10-11-22(21)31-24)18-6-2-1-3-7-18/h1-11,16H,12-15,17H2. The Labute approximate surface area is 192 Å². The lowest BCUT2D eigenvalue weighted by molar-refractivity contribution is 0.169. The minimum Gasteiger partial charge on any atom is -0.439 e. The van der Waals surface area contributed by atoms with Gasteiger partial charge in [-0.3, -0.25) is 4.90 Å². The van der Waals surface area contributed by atoms with Crippen molar-refractivity contribution >= 4 is 32.7 Å². The van der Waals surface area contributed by atoms with Gasteiger partial charge in [0, 0.05) is 26.2 Å². The van der Waals surface area contributed by atoms with Gasteiger partial charge in [0.1, 0.15) is 10.4 Å². The highest BCUT2D eigenvalue weighted by Gasteiger charge is 2.30. The molecule has 1 aliphatic rings. The first-order chi connectivity index (χ1) is 15.5. The molecule has 0 spiro atoms. The molecule has 1 aromatic heterocycles. The molecule has 0 amide bonds. The Kier molecular flexibility index (Phi) is 5.73. The smallest absolute Gasteiger partial charge is 0.244 e. The molecule has 8 heteroatoms. The molecule has 32 heavy (non-hydrogen) atoms. The van der Waals surface area contributed by atoms with Crippen molar-refractivity contribution in [3.05, 3.63) is 83.7 Å². The van der Waals surface area contributed by atoms with Crippen molar-refractivity contribution in [2.75, 3.05) is 26.2 Å². The summed E-state index contributed by atoms with van der Waals surface area (Å²) in [6.07, 6.45) is 0. The summed E-state index contributed by atoms with van der Waals surface area (Å²) in [4.78, 5) is 6.97. The van der Waals surface area contributed by atoms with Crippen molar-refractivity contribution in [3.8, 4) is 11.1 Å². The van der Waals surface area contributed by atoms with E-state index < -0.39 is 10.0 Å². The van der Waals surface area contributed by atoms with Crippen LogP contribution in [0.2, 0.25) is 5.02 Å². The molecule has 0 bridgehead atoms. The summed E-state index contributed by atoms with van der Waals surface area (Å²) in [6.45, 7) is 2.52. The normalized spacial score (nSPS) is 15.9. The first kappa shape index (κ1) is 21.2. The van der Waals surface area contributed by atoms with Crippen molar-refractivity contribution < 1.29 is 12.8 Å². The van der Waals surface area contributed by atoms with Crippen LogP contribution >= 0.6 is 11.6 Å². The van der Waals surface area contributed by atoms with Gasteiger partial charge in [-0.05, 0) is 35.4 Å². The fraction of sp³-hybridized carbons (Fsp3) is 0.208. The number of nitrogens with zero attached hydrogens (tertiary/aromatic N) is 3. The lowest BCUT2D eigenvalue weighted by Gasteiger charge is -2.33. The van der Waals surface area contributed by atoms with Gasteiger partial charge in [-0.25, -0.2) is 13.4 Å². The Hall–Kier alpha value is -2.71. The van der Waals surface area contributed by atoms with E-state index in [4.69, 9.17) is 16.0 Å². The molecule has 0 aliphatic carbocycles. The number of rotatable bonds is 5. The molecule has 3 aromatic carbocycles. The van der Waals surface area contributed by atoms with E-state index in [9.17, 15) is 8.42 Å². The lowest BCUT2D eigenvalue weighted by atomic mass is 10.1. The van der Waals surface area contributed by atoms with E-state index in [1.165, 1.54) is 4.31 Å². The van der Waals surface area contributed by atoms with E-state index >= 15 is 0 Å². The number of benzene rings is 3. The molecule has 1 aliphatic heterocycles. The molecule has 5 rings (SSSR count). The lowest BCUT2D eigenvalue weighted by Crippen LogP contribution is -2.48. The van der Waals surface area contributed by atoms with Gasteiger partial charge in [-0.1, -0.05) is 60.1 Å². The van der Waals surface area contributed by atoms with Crippen LogP contribution in [0.3, 0.4) is 0 Å². The Bertz CT molecular complexity index is 1350. The molecule has 0 unspecified atom stereocenters. The van der Waals surface area contributed by atoms with E-state index in [1.54, 1.807) is 24.3 Å². The molecule has 0 radical (unpaired) electrons. The number of hydrogen-bond acceptors (Lipinski definition) is 5. The van der Waals surface area contributed by atoms with Crippen LogP contribution in [0.1, 0.15) is 5.89 Å². The van der Waals surface area contributed by atoms with Gasteiger partial charge in [0.2, 0.25) is 15.9 Å². The zero-order chi connectivity index (χ0) is 22.1. The number of piperazine rings is 1. The van der Waals surface area contributed by atoms with E-state index in [0.717, 1.165) is 22.2 Å². The van der Waals surface area contributed by atoms with Gasteiger partial charge in [-0.15, -0.1) is 0 Å². The number of oxazole rings is 1. The highest BCUT2D eigenvalue weighted by atomic mass is 35.5. The first-order valence-electron chi connectivity index (χ1n) is 10.4. The summed E-state index contributed by atoms with van der Waals surface area (Å²) >= 11 is 6.12. The number of hydrogen-bond donors (Lipinski definition) is 0. The maximum atomic E-state index is 12.9. The van der Waals surface area contributed by atoms with Gasteiger partial charge < -0.3 is 4.42 Å². The van der Waals surface area contributed by atoms with Crippen LogP contribution in [0.25, 0.3) is 22.2 Å². The van der Waals surface area contributed by atoms with Crippen molar-refractivity contribution in [2.24, 2.45) is 0 Å². The van der Waals surface area contributed by atoms with Gasteiger partial charge in [0.25, 0.3) is 0 Å². The zero-order valence-electron chi connectivity index (χ0n) is 17.3. The Balaban J connectivity index is 1.27. The Morgan fingerprint density at radius 1 is 0.875 bits per heavy atom.